The molecule has 4 rings (SSSR count). The van der Waals surface area contributed by atoms with Gasteiger partial charge in [0.15, 0.2) is 11.5 Å². The fraction of sp³-hybridized carbons (Fsp3) is 0.417. The van der Waals surface area contributed by atoms with Gasteiger partial charge in [0.05, 0.1) is 26.0 Å². The molecule has 6 nitrogen and oxygen atoms in total. The van der Waals surface area contributed by atoms with Crippen LogP contribution in [0.1, 0.15) is 39.4 Å². The highest BCUT2D eigenvalue weighted by molar-refractivity contribution is 6.15. The van der Waals surface area contributed by atoms with Gasteiger partial charge in [0.25, 0.3) is 5.91 Å². The van der Waals surface area contributed by atoms with E-state index in [-0.39, 0.29) is 24.4 Å². The van der Waals surface area contributed by atoms with E-state index in [2.05, 4.69) is 18.0 Å². The fourth-order valence-electron chi connectivity index (χ4n) is 4.46. The summed E-state index contributed by atoms with van der Waals surface area (Å²) >= 11 is 0. The molecule has 31 heavy (non-hydrogen) atoms. The van der Waals surface area contributed by atoms with E-state index >= 15 is 0 Å². The van der Waals surface area contributed by atoms with E-state index in [4.69, 9.17) is 14.5 Å². The lowest BCUT2D eigenvalue weighted by Gasteiger charge is -2.39. The van der Waals surface area contributed by atoms with Crippen LogP contribution in [0.4, 0.5) is 0 Å². The topological polar surface area (TPSA) is 54.4 Å². The molecule has 1 fully saturated rings. The van der Waals surface area contributed by atoms with Gasteiger partial charge in [-0.2, -0.15) is 0 Å². The maximum Gasteiger partial charge on any atom is 0.253 e. The average Bonchev–Trinajstić information content (AvgIpc) is 2.77. The Morgan fingerprint density at radius 1 is 1.10 bits per heavy atom. The summed E-state index contributed by atoms with van der Waals surface area (Å²) in [6.07, 6.45) is 1.02. The van der Waals surface area contributed by atoms with Crippen LogP contribution in [-0.2, 0) is 0 Å². The maximum absolute atomic E-state index is 12.3. The molecule has 1 saturated heterocycles. The Morgan fingerprint density at radius 2 is 1.74 bits per heavy atom. The first-order valence-corrected chi connectivity index (χ1v) is 10.3. The van der Waals surface area contributed by atoms with Gasteiger partial charge in [0.2, 0.25) is 0 Å². The van der Waals surface area contributed by atoms with Crippen LogP contribution in [0.3, 0.4) is 0 Å². The number of ether oxygens (including phenoxy) is 2. The lowest BCUT2D eigenvalue weighted by atomic mass is 9.79. The van der Waals surface area contributed by atoms with Crippen molar-refractivity contribution in [2.24, 2.45) is 4.99 Å². The second-order valence-electron chi connectivity index (χ2n) is 8.27. The molecule has 0 aliphatic carbocycles. The third kappa shape index (κ3) is 4.27. The van der Waals surface area contributed by atoms with Crippen LogP contribution < -0.4 is 9.47 Å². The van der Waals surface area contributed by atoms with Gasteiger partial charge in [-0.05, 0) is 49.8 Å². The molecule has 2 heterocycles. The predicted molar refractivity (Wildman–Crippen MR) is 126 cm³/mol. The third-order valence-corrected chi connectivity index (χ3v) is 6.10. The molecule has 0 bridgehead atoms. The number of likely N-dealkylation sites (tertiary alicyclic amines) is 1. The van der Waals surface area contributed by atoms with Crippen LogP contribution in [0.15, 0.2) is 41.4 Å². The van der Waals surface area contributed by atoms with Crippen molar-refractivity contribution in [3.63, 3.8) is 0 Å². The van der Waals surface area contributed by atoms with Crippen molar-refractivity contribution in [2.75, 3.05) is 48.5 Å². The number of piperidine rings is 1. The third-order valence-electron chi connectivity index (χ3n) is 6.10. The molecule has 7 heteroatoms. The first-order chi connectivity index (χ1) is 14.4. The number of likely N-dealkylation sites (N-methyl/N-ethyl adjacent to an activating group) is 1. The number of amides is 1. The monoisotopic (exact) mass is 443 g/mol. The second-order valence-corrected chi connectivity index (χ2v) is 8.27. The van der Waals surface area contributed by atoms with E-state index in [1.165, 1.54) is 5.56 Å². The number of nitrogens with zero attached hydrogens (tertiary/aromatic N) is 3. The molecular formula is C24H30ClN3O3. The van der Waals surface area contributed by atoms with Gasteiger partial charge >= 0.3 is 0 Å². The van der Waals surface area contributed by atoms with E-state index in [1.807, 2.05) is 30.3 Å². The van der Waals surface area contributed by atoms with Crippen LogP contribution >= 0.6 is 12.4 Å². The molecule has 2 unspecified atom stereocenters. The van der Waals surface area contributed by atoms with E-state index in [0.717, 1.165) is 42.1 Å². The second kappa shape index (κ2) is 9.28. The molecule has 0 N–H and O–H groups in total. The van der Waals surface area contributed by atoms with Crippen molar-refractivity contribution in [2.45, 2.75) is 18.4 Å². The van der Waals surface area contributed by atoms with Gasteiger partial charge in [-0.25, -0.2) is 0 Å². The van der Waals surface area contributed by atoms with Gasteiger partial charge < -0.3 is 19.3 Å². The first-order valence-electron chi connectivity index (χ1n) is 10.3. The number of fused-ring (bicyclic) bond motifs is 3. The molecule has 2 aliphatic heterocycles. The quantitative estimate of drug-likeness (QED) is 0.726. The Balaban J connectivity index is 0.00000272. The number of aliphatic imine (C=N–C) groups is 1. The summed E-state index contributed by atoms with van der Waals surface area (Å²) in [5.41, 5.74) is 4.97. The van der Waals surface area contributed by atoms with Gasteiger partial charge in [-0.3, -0.25) is 9.79 Å². The molecule has 0 radical (unpaired) electrons. The lowest BCUT2D eigenvalue weighted by molar-refractivity contribution is 0.0827. The largest absolute Gasteiger partial charge is 0.493 e. The minimum absolute atomic E-state index is 0. The summed E-state index contributed by atoms with van der Waals surface area (Å²) in [6, 6.07) is 12.1. The number of halogens is 1. The van der Waals surface area contributed by atoms with Crippen molar-refractivity contribution >= 4 is 24.0 Å². The lowest BCUT2D eigenvalue weighted by Crippen LogP contribution is -2.41. The van der Waals surface area contributed by atoms with Crippen LogP contribution in [0.25, 0.3) is 0 Å². The van der Waals surface area contributed by atoms with Crippen molar-refractivity contribution in [1.29, 1.82) is 0 Å². The van der Waals surface area contributed by atoms with Gasteiger partial charge in [-0.1, -0.05) is 12.1 Å². The molecular weight excluding hydrogens is 414 g/mol. The number of carbonyl (C=O) groups is 1. The molecule has 1 amide bonds. The molecule has 0 aromatic heterocycles. The number of methoxy groups -OCH3 is 2. The minimum atomic E-state index is -0.00526. The molecule has 2 atom stereocenters. The average molecular weight is 444 g/mol. The Labute approximate surface area is 190 Å². The number of carbonyl (C=O) groups excluding carboxylic acids is 1. The first kappa shape index (κ1) is 23.1. The van der Waals surface area contributed by atoms with Crippen molar-refractivity contribution < 1.29 is 14.3 Å². The zero-order chi connectivity index (χ0) is 21.4. The summed E-state index contributed by atoms with van der Waals surface area (Å²) in [5.74, 6) is 1.77. The highest BCUT2D eigenvalue weighted by Gasteiger charge is 2.36. The zero-order valence-corrected chi connectivity index (χ0v) is 19.5. The standard InChI is InChI=1S/C24H29N3O3.ClH/c1-26(2)24(28)16-8-6-15(7-9-16)23-18-13-22(30-5)21(29-4)12-17(18)19-14-27(3)11-10-20(19)25-23;/h6-9,12-13,19-20H,10-11,14H2,1-5H3;1H. The van der Waals surface area contributed by atoms with Crippen LogP contribution in [0, 0.1) is 0 Å². The minimum Gasteiger partial charge on any atom is -0.493 e. The van der Waals surface area contributed by atoms with Crippen molar-refractivity contribution in [3.05, 3.63) is 58.7 Å². The maximum atomic E-state index is 12.3. The predicted octanol–water partition coefficient (Wildman–Crippen LogP) is 3.47. The molecule has 0 spiro atoms. The molecule has 0 saturated carbocycles. The van der Waals surface area contributed by atoms with Crippen LogP contribution in [0.2, 0.25) is 0 Å². The number of hydrogen-bond donors (Lipinski definition) is 0. The number of rotatable bonds is 4. The molecule has 2 aromatic carbocycles. The SMILES string of the molecule is COc1cc2c(cc1OC)C1CN(C)CCC1N=C2c1ccc(C(=O)N(C)C)cc1.Cl. The fourth-order valence-corrected chi connectivity index (χ4v) is 4.46. The summed E-state index contributed by atoms with van der Waals surface area (Å²) in [5, 5.41) is 0. The van der Waals surface area contributed by atoms with E-state index in [1.54, 1.807) is 33.2 Å². The highest BCUT2D eigenvalue weighted by Crippen LogP contribution is 2.42. The van der Waals surface area contributed by atoms with E-state index < -0.39 is 0 Å². The summed E-state index contributed by atoms with van der Waals surface area (Å²) in [6.45, 7) is 2.01. The van der Waals surface area contributed by atoms with Crippen LogP contribution in [-0.4, -0.2) is 75.9 Å². The summed E-state index contributed by atoms with van der Waals surface area (Å²) in [7, 11) is 9.02. The smallest absolute Gasteiger partial charge is 0.253 e. The Hall–Kier alpha value is -2.57. The number of benzene rings is 2. The van der Waals surface area contributed by atoms with Crippen molar-refractivity contribution in [3.8, 4) is 11.5 Å². The van der Waals surface area contributed by atoms with Gasteiger partial charge in [0, 0.05) is 43.2 Å². The Bertz CT molecular complexity index is 988. The molecule has 166 valence electrons. The number of hydrogen-bond acceptors (Lipinski definition) is 5. The Morgan fingerprint density at radius 3 is 2.35 bits per heavy atom. The summed E-state index contributed by atoms with van der Waals surface area (Å²) < 4.78 is 11.2. The van der Waals surface area contributed by atoms with E-state index in [9.17, 15) is 4.79 Å². The molecule has 2 aromatic rings. The Kier molecular flexibility index (Phi) is 6.92. The van der Waals surface area contributed by atoms with Crippen molar-refractivity contribution in [1.82, 2.24) is 9.80 Å². The summed E-state index contributed by atoms with van der Waals surface area (Å²) in [4.78, 5) is 21.4. The van der Waals surface area contributed by atoms with Gasteiger partial charge in [-0.15, -0.1) is 12.4 Å². The normalized spacial score (nSPS) is 20.0. The van der Waals surface area contributed by atoms with E-state index in [0.29, 0.717) is 17.2 Å². The highest BCUT2D eigenvalue weighted by atomic mass is 35.5. The zero-order valence-electron chi connectivity index (χ0n) is 18.7. The van der Waals surface area contributed by atoms with Gasteiger partial charge in [0.1, 0.15) is 0 Å². The molecule has 2 aliphatic rings. The van der Waals surface area contributed by atoms with Crippen LogP contribution in [0.5, 0.6) is 11.5 Å².